The predicted molar refractivity (Wildman–Crippen MR) is 162 cm³/mol. The molecule has 2 aromatic heterocycles. The second kappa shape index (κ2) is 14.7. The van der Waals surface area contributed by atoms with Gasteiger partial charge in [-0.05, 0) is 30.7 Å². The summed E-state index contributed by atoms with van der Waals surface area (Å²) in [6.45, 7) is 3.54. The maximum Gasteiger partial charge on any atom is 0.307 e. The molecule has 0 atom stereocenters. The number of aryl methyl sites for hydroxylation is 1. The van der Waals surface area contributed by atoms with E-state index in [4.69, 9.17) is 25.3 Å². The van der Waals surface area contributed by atoms with Gasteiger partial charge in [0, 0.05) is 52.2 Å². The van der Waals surface area contributed by atoms with Crippen LogP contribution in [0.25, 0.3) is 21.9 Å². The van der Waals surface area contributed by atoms with Crippen LogP contribution < -0.4 is 5.73 Å². The van der Waals surface area contributed by atoms with Crippen LogP contribution in [-0.2, 0) is 45.0 Å². The number of aromatic nitrogens is 3. The highest BCUT2D eigenvalue weighted by molar-refractivity contribution is 6.06. The summed E-state index contributed by atoms with van der Waals surface area (Å²) in [5.74, 6) is 0.393. The number of ether oxygens (including phenoxy) is 2. The molecule has 0 fully saturated rings. The molecule has 0 aliphatic rings. The van der Waals surface area contributed by atoms with Gasteiger partial charge in [-0.25, -0.2) is 9.97 Å². The molecule has 3 N–H and O–H groups in total. The second-order valence-electron chi connectivity index (χ2n) is 10.4. The van der Waals surface area contributed by atoms with Crippen molar-refractivity contribution in [1.82, 2.24) is 24.3 Å². The Balaban J connectivity index is 1.57. The monoisotopic (exact) mass is 576 g/mol. The molecule has 224 valence electrons. The van der Waals surface area contributed by atoms with Crippen molar-refractivity contribution in [2.45, 2.75) is 32.4 Å². The fraction of sp³-hybridized carbons (Fsp3) is 0.419. The first-order valence-electron chi connectivity index (χ1n) is 14.1. The first-order valence-corrected chi connectivity index (χ1v) is 14.1. The summed E-state index contributed by atoms with van der Waals surface area (Å²) in [6, 6.07) is 15.3. The van der Waals surface area contributed by atoms with Crippen molar-refractivity contribution >= 4 is 39.6 Å². The number of anilines is 1. The molecule has 0 aliphatic heterocycles. The first-order chi connectivity index (χ1) is 20.3. The summed E-state index contributed by atoms with van der Waals surface area (Å²) >= 11 is 0. The summed E-state index contributed by atoms with van der Waals surface area (Å²) in [4.78, 5) is 37.8. The molecule has 0 radical (unpaired) electrons. The Kier molecular flexibility index (Phi) is 10.8. The summed E-state index contributed by atoms with van der Waals surface area (Å²) in [6.07, 6.45) is 1.27. The van der Waals surface area contributed by atoms with Crippen LogP contribution in [-0.4, -0.2) is 95.4 Å². The van der Waals surface area contributed by atoms with E-state index >= 15 is 0 Å². The summed E-state index contributed by atoms with van der Waals surface area (Å²) in [5.41, 5.74) is 10.4. The van der Waals surface area contributed by atoms with Gasteiger partial charge in [0.25, 0.3) is 0 Å². The smallest absolute Gasteiger partial charge is 0.307 e. The van der Waals surface area contributed by atoms with Gasteiger partial charge >= 0.3 is 5.97 Å². The molecule has 1 amide bonds. The Morgan fingerprint density at radius 2 is 1.69 bits per heavy atom. The number of rotatable bonds is 16. The van der Waals surface area contributed by atoms with Gasteiger partial charge in [0.15, 0.2) is 5.82 Å². The number of imidazole rings is 1. The first kappa shape index (κ1) is 30.9. The van der Waals surface area contributed by atoms with Crippen LogP contribution in [0.2, 0.25) is 0 Å². The third kappa shape index (κ3) is 7.81. The largest absolute Gasteiger partial charge is 0.481 e. The van der Waals surface area contributed by atoms with Gasteiger partial charge in [0.1, 0.15) is 11.3 Å². The molecular weight excluding hydrogens is 536 g/mol. The molecule has 0 saturated heterocycles. The van der Waals surface area contributed by atoms with E-state index in [0.717, 1.165) is 33.4 Å². The number of likely N-dealkylation sites (N-methyl/N-ethyl adjacent to an activating group) is 1. The average molecular weight is 577 g/mol. The van der Waals surface area contributed by atoms with Crippen molar-refractivity contribution in [2.24, 2.45) is 0 Å². The summed E-state index contributed by atoms with van der Waals surface area (Å²) in [5, 5.41) is 10.1. The molecule has 4 rings (SSSR count). The molecule has 0 saturated carbocycles. The van der Waals surface area contributed by atoms with Crippen molar-refractivity contribution in [3.8, 4) is 0 Å². The van der Waals surface area contributed by atoms with Crippen molar-refractivity contribution in [3.63, 3.8) is 0 Å². The number of amides is 1. The number of aliphatic carboxylic acids is 1. The summed E-state index contributed by atoms with van der Waals surface area (Å²) in [7, 11) is 5.21. The zero-order valence-electron chi connectivity index (χ0n) is 24.6. The van der Waals surface area contributed by atoms with Gasteiger partial charge < -0.3 is 29.8 Å². The second-order valence-corrected chi connectivity index (χ2v) is 10.4. The van der Waals surface area contributed by atoms with E-state index in [1.54, 1.807) is 26.4 Å². The quantitative estimate of drug-likeness (QED) is 0.206. The van der Waals surface area contributed by atoms with E-state index in [1.165, 1.54) is 0 Å². The van der Waals surface area contributed by atoms with Crippen LogP contribution in [0.15, 0.2) is 48.5 Å². The number of benzene rings is 2. The normalized spacial score (nSPS) is 11.5. The minimum absolute atomic E-state index is 0.0113. The van der Waals surface area contributed by atoms with Crippen LogP contribution in [0.4, 0.5) is 5.82 Å². The lowest BCUT2D eigenvalue weighted by atomic mass is 10.1. The Labute approximate surface area is 245 Å². The number of nitrogens with zero attached hydrogens (tertiary/aromatic N) is 5. The van der Waals surface area contributed by atoms with Gasteiger partial charge in [-0.2, -0.15) is 0 Å². The van der Waals surface area contributed by atoms with Crippen LogP contribution in [0, 0.1) is 0 Å². The maximum absolute atomic E-state index is 13.5. The number of hydrogen-bond donors (Lipinski definition) is 2. The molecule has 4 aromatic rings. The Hall–Kier alpha value is -4.06. The standard InChI is InChI=1S/C31H40N6O5/c1-35(16-18-42-3)21-27(38)36(20-23-11-9-22(10-12-23)19-28(39)40)14-6-15-37-26(13-17-41-2)34-29-30(37)24-7-4-5-8-25(24)33-31(29)32/h4-5,7-12H,6,13-21H2,1-3H3,(H2,32,33)(H,39,40). The highest BCUT2D eigenvalue weighted by atomic mass is 16.5. The minimum Gasteiger partial charge on any atom is -0.481 e. The van der Waals surface area contributed by atoms with E-state index in [2.05, 4.69) is 9.55 Å². The van der Waals surface area contributed by atoms with Gasteiger partial charge in [0.2, 0.25) is 5.91 Å². The van der Waals surface area contributed by atoms with Crippen molar-refractivity contribution in [2.75, 3.05) is 59.8 Å². The van der Waals surface area contributed by atoms with Crippen LogP contribution in [0.3, 0.4) is 0 Å². The van der Waals surface area contributed by atoms with Crippen LogP contribution in [0.5, 0.6) is 0 Å². The molecule has 42 heavy (non-hydrogen) atoms. The van der Waals surface area contributed by atoms with Crippen LogP contribution in [0.1, 0.15) is 23.4 Å². The average Bonchev–Trinajstić information content (AvgIpc) is 3.34. The number of nitrogens with two attached hydrogens (primary N) is 1. The molecule has 11 heteroatoms. The molecule has 11 nitrogen and oxygen atoms in total. The highest BCUT2D eigenvalue weighted by Crippen LogP contribution is 2.29. The number of hydrogen-bond acceptors (Lipinski definition) is 8. The molecule has 0 spiro atoms. The number of pyridine rings is 1. The number of nitrogen functional groups attached to an aromatic ring is 1. The summed E-state index contributed by atoms with van der Waals surface area (Å²) < 4.78 is 12.7. The zero-order chi connectivity index (χ0) is 30.1. The Morgan fingerprint density at radius 1 is 0.976 bits per heavy atom. The van der Waals surface area contributed by atoms with Gasteiger partial charge in [-0.15, -0.1) is 0 Å². The lowest BCUT2D eigenvalue weighted by Crippen LogP contribution is -2.40. The van der Waals surface area contributed by atoms with Gasteiger partial charge in [-0.1, -0.05) is 42.5 Å². The number of fused-ring (bicyclic) bond motifs is 3. The van der Waals surface area contributed by atoms with E-state index in [0.29, 0.717) is 63.6 Å². The van der Waals surface area contributed by atoms with Gasteiger partial charge in [-0.3, -0.25) is 14.5 Å². The maximum atomic E-state index is 13.5. The van der Waals surface area contributed by atoms with Crippen molar-refractivity contribution in [1.29, 1.82) is 0 Å². The molecule has 0 bridgehead atoms. The van der Waals surface area contributed by atoms with Gasteiger partial charge in [0.05, 0.1) is 37.2 Å². The molecule has 2 heterocycles. The van der Waals surface area contributed by atoms with Crippen LogP contribution >= 0.6 is 0 Å². The molecule has 0 aliphatic carbocycles. The Morgan fingerprint density at radius 3 is 2.40 bits per heavy atom. The minimum atomic E-state index is -0.874. The third-order valence-electron chi connectivity index (χ3n) is 7.22. The van der Waals surface area contributed by atoms with E-state index in [1.807, 2.05) is 53.2 Å². The number of carboxylic acids is 1. The number of carbonyl (C=O) groups excluding carboxylic acids is 1. The number of para-hydroxylation sites is 1. The number of carbonyl (C=O) groups is 2. The number of carboxylic acid groups (broad SMARTS) is 1. The SMILES string of the molecule is COCCc1nc2c(N)nc3ccccc3c2n1CCCN(Cc1ccc(CC(=O)O)cc1)C(=O)CN(C)CCOC. The molecule has 2 aromatic carbocycles. The zero-order valence-corrected chi connectivity index (χ0v) is 24.6. The fourth-order valence-electron chi connectivity index (χ4n) is 5.06. The fourth-order valence-corrected chi connectivity index (χ4v) is 5.06. The third-order valence-corrected chi connectivity index (χ3v) is 7.22. The Bertz CT molecular complexity index is 1500. The number of methoxy groups -OCH3 is 2. The predicted octanol–water partition coefficient (Wildman–Crippen LogP) is 2.98. The van der Waals surface area contributed by atoms with Crippen molar-refractivity contribution < 1.29 is 24.2 Å². The molecular formula is C31H40N6O5. The van der Waals surface area contributed by atoms with Crippen molar-refractivity contribution in [3.05, 3.63) is 65.5 Å². The topological polar surface area (TPSA) is 136 Å². The van der Waals surface area contributed by atoms with E-state index < -0.39 is 5.97 Å². The molecule has 0 unspecified atom stereocenters. The lowest BCUT2D eigenvalue weighted by Gasteiger charge is -2.26. The highest BCUT2D eigenvalue weighted by Gasteiger charge is 2.20. The van der Waals surface area contributed by atoms with E-state index in [9.17, 15) is 9.59 Å². The lowest BCUT2D eigenvalue weighted by molar-refractivity contribution is -0.136. The van der Waals surface area contributed by atoms with E-state index in [-0.39, 0.29) is 18.9 Å².